The number of ketones is 1. The van der Waals surface area contributed by atoms with E-state index in [2.05, 4.69) is 33.0 Å². The summed E-state index contributed by atoms with van der Waals surface area (Å²) in [7, 11) is 1.66. The van der Waals surface area contributed by atoms with Crippen molar-refractivity contribution in [2.45, 2.75) is 20.0 Å². The summed E-state index contributed by atoms with van der Waals surface area (Å²) in [6.07, 6.45) is 1.78. The molecule has 0 spiro atoms. The molecule has 0 radical (unpaired) electrons. The molecule has 2 heterocycles. The maximum atomic E-state index is 13.1. The van der Waals surface area contributed by atoms with Crippen molar-refractivity contribution < 1.29 is 19.0 Å². The van der Waals surface area contributed by atoms with Gasteiger partial charge < -0.3 is 14.2 Å². The average Bonchev–Trinajstić information content (AvgIpc) is 3.11. The first-order valence-electron chi connectivity index (χ1n) is 10.4. The smallest absolute Gasteiger partial charge is 0.231 e. The third kappa shape index (κ3) is 3.92. The molecule has 0 saturated carbocycles. The molecule has 0 atom stereocenters. The molecule has 0 aliphatic carbocycles. The van der Waals surface area contributed by atoms with Crippen LogP contribution in [-0.4, -0.2) is 24.5 Å². The van der Waals surface area contributed by atoms with Gasteiger partial charge in [-0.1, -0.05) is 40.2 Å². The monoisotopic (exact) mass is 491 g/mol. The standard InChI is InChI=1S/C26H22BrNO4/c1-16-25-19(14-28(15-31-25)13-18-5-9-21(30-2)10-6-18)12-22-24(29)23(32-26(16)22)11-17-3-7-20(27)8-4-17/h3-12H,13-15H2,1-2H3/b23-11-. The number of Topliss-reactive ketones (excluding diaryl/α,β-unsaturated/α-hetero) is 1. The normalized spacial score (nSPS) is 16.3. The number of halogens is 1. The van der Waals surface area contributed by atoms with Crippen LogP contribution in [0.1, 0.15) is 32.6 Å². The van der Waals surface area contributed by atoms with E-state index in [1.54, 1.807) is 13.2 Å². The number of hydrogen-bond acceptors (Lipinski definition) is 5. The Bertz CT molecular complexity index is 1220. The number of carbonyl (C=O) groups excluding carboxylic acids is 1. The fourth-order valence-electron chi connectivity index (χ4n) is 4.10. The molecular weight excluding hydrogens is 470 g/mol. The third-order valence-electron chi connectivity index (χ3n) is 5.73. The predicted octanol–water partition coefficient (Wildman–Crippen LogP) is 5.73. The summed E-state index contributed by atoms with van der Waals surface area (Å²) in [4.78, 5) is 15.3. The van der Waals surface area contributed by atoms with Crippen molar-refractivity contribution in [1.82, 2.24) is 4.90 Å². The number of methoxy groups -OCH3 is 1. The summed E-state index contributed by atoms with van der Waals surface area (Å²) in [5.41, 5.74) is 4.56. The first-order valence-corrected chi connectivity index (χ1v) is 11.2. The van der Waals surface area contributed by atoms with Gasteiger partial charge >= 0.3 is 0 Å². The van der Waals surface area contributed by atoms with E-state index in [9.17, 15) is 4.79 Å². The summed E-state index contributed by atoms with van der Waals surface area (Å²) in [6.45, 7) is 3.88. The van der Waals surface area contributed by atoms with Crippen LogP contribution in [0.15, 0.2) is 64.8 Å². The summed E-state index contributed by atoms with van der Waals surface area (Å²) in [5, 5.41) is 0. The second-order valence-corrected chi connectivity index (χ2v) is 8.88. The molecule has 32 heavy (non-hydrogen) atoms. The molecule has 3 aromatic carbocycles. The molecule has 3 aromatic rings. The highest BCUT2D eigenvalue weighted by molar-refractivity contribution is 9.10. The molecule has 6 heteroatoms. The Kier molecular flexibility index (Phi) is 5.49. The number of ether oxygens (including phenoxy) is 3. The van der Waals surface area contributed by atoms with Gasteiger partial charge in [0.2, 0.25) is 5.78 Å². The summed E-state index contributed by atoms with van der Waals surface area (Å²) in [5.74, 6) is 2.49. The van der Waals surface area contributed by atoms with E-state index in [0.29, 0.717) is 30.3 Å². The van der Waals surface area contributed by atoms with Gasteiger partial charge in [0.15, 0.2) is 5.76 Å². The molecule has 0 saturated heterocycles. The second-order valence-electron chi connectivity index (χ2n) is 7.97. The van der Waals surface area contributed by atoms with Crippen LogP contribution in [0.5, 0.6) is 17.2 Å². The highest BCUT2D eigenvalue weighted by Gasteiger charge is 2.33. The van der Waals surface area contributed by atoms with E-state index in [1.165, 1.54) is 5.56 Å². The summed E-state index contributed by atoms with van der Waals surface area (Å²) >= 11 is 3.43. The van der Waals surface area contributed by atoms with Crippen LogP contribution >= 0.6 is 15.9 Å². The van der Waals surface area contributed by atoms with Crippen molar-refractivity contribution in [3.63, 3.8) is 0 Å². The largest absolute Gasteiger partial charge is 0.497 e. The molecule has 2 aliphatic rings. The van der Waals surface area contributed by atoms with Crippen LogP contribution in [0.25, 0.3) is 6.08 Å². The maximum Gasteiger partial charge on any atom is 0.231 e. The molecular formula is C26H22BrNO4. The van der Waals surface area contributed by atoms with Crippen molar-refractivity contribution >= 4 is 27.8 Å². The Morgan fingerprint density at radius 1 is 1.09 bits per heavy atom. The van der Waals surface area contributed by atoms with Crippen molar-refractivity contribution in [3.05, 3.63) is 92.6 Å². The van der Waals surface area contributed by atoms with E-state index in [1.807, 2.05) is 49.4 Å². The van der Waals surface area contributed by atoms with Crippen LogP contribution in [-0.2, 0) is 13.1 Å². The molecule has 0 aromatic heterocycles. The van der Waals surface area contributed by atoms with E-state index >= 15 is 0 Å². The van der Waals surface area contributed by atoms with E-state index in [0.717, 1.165) is 39.2 Å². The van der Waals surface area contributed by atoms with Gasteiger partial charge in [0.25, 0.3) is 0 Å². The zero-order chi connectivity index (χ0) is 22.2. The van der Waals surface area contributed by atoms with Gasteiger partial charge in [-0.2, -0.15) is 0 Å². The van der Waals surface area contributed by atoms with Gasteiger partial charge in [-0.05, 0) is 54.5 Å². The summed E-state index contributed by atoms with van der Waals surface area (Å²) in [6, 6.07) is 17.7. The lowest BCUT2D eigenvalue weighted by molar-refractivity contribution is 0.0876. The molecule has 5 nitrogen and oxygen atoms in total. The van der Waals surface area contributed by atoms with Crippen molar-refractivity contribution in [1.29, 1.82) is 0 Å². The Balaban J connectivity index is 1.39. The Labute approximate surface area is 195 Å². The number of hydrogen-bond donors (Lipinski definition) is 0. The van der Waals surface area contributed by atoms with Crippen LogP contribution in [0.3, 0.4) is 0 Å². The fraction of sp³-hybridized carbons (Fsp3) is 0.192. The molecule has 0 amide bonds. The number of allylic oxidation sites excluding steroid dienone is 1. The van der Waals surface area contributed by atoms with Gasteiger partial charge in [0.05, 0.1) is 12.7 Å². The minimum Gasteiger partial charge on any atom is -0.497 e. The van der Waals surface area contributed by atoms with Gasteiger partial charge in [0.1, 0.15) is 24.0 Å². The number of fused-ring (bicyclic) bond motifs is 2. The SMILES string of the molecule is COc1ccc(CN2COc3c(cc4c(c3C)O/C(=C\c3ccc(Br)cc3)C4=O)C2)cc1. The van der Waals surface area contributed by atoms with Gasteiger partial charge in [-0.15, -0.1) is 0 Å². The first kappa shape index (κ1) is 20.8. The summed E-state index contributed by atoms with van der Waals surface area (Å²) < 4.78 is 18.3. The lowest BCUT2D eigenvalue weighted by Gasteiger charge is -2.30. The van der Waals surface area contributed by atoms with Crippen LogP contribution in [0, 0.1) is 6.92 Å². The van der Waals surface area contributed by atoms with E-state index in [-0.39, 0.29) is 5.78 Å². The quantitative estimate of drug-likeness (QED) is 0.435. The number of benzene rings is 3. The lowest BCUT2D eigenvalue weighted by atomic mass is 10.00. The maximum absolute atomic E-state index is 13.1. The topological polar surface area (TPSA) is 48.0 Å². The number of carbonyl (C=O) groups is 1. The van der Waals surface area contributed by atoms with Gasteiger partial charge in [0, 0.05) is 28.7 Å². The Morgan fingerprint density at radius 3 is 2.56 bits per heavy atom. The second kappa shape index (κ2) is 8.45. The lowest BCUT2D eigenvalue weighted by Crippen LogP contribution is -2.32. The predicted molar refractivity (Wildman–Crippen MR) is 126 cm³/mol. The molecule has 5 rings (SSSR count). The fourth-order valence-corrected chi connectivity index (χ4v) is 4.36. The zero-order valence-corrected chi connectivity index (χ0v) is 19.4. The number of rotatable bonds is 4. The van der Waals surface area contributed by atoms with Crippen molar-refractivity contribution in [2.24, 2.45) is 0 Å². The molecule has 162 valence electrons. The van der Waals surface area contributed by atoms with Gasteiger partial charge in [-0.3, -0.25) is 9.69 Å². The Hall–Kier alpha value is -3.09. The number of nitrogens with zero attached hydrogens (tertiary/aromatic N) is 1. The van der Waals surface area contributed by atoms with E-state index < -0.39 is 0 Å². The highest BCUT2D eigenvalue weighted by atomic mass is 79.9. The third-order valence-corrected chi connectivity index (χ3v) is 6.26. The van der Waals surface area contributed by atoms with Crippen LogP contribution in [0.2, 0.25) is 0 Å². The molecule has 2 aliphatic heterocycles. The minimum absolute atomic E-state index is 0.0962. The van der Waals surface area contributed by atoms with Gasteiger partial charge in [-0.25, -0.2) is 0 Å². The minimum atomic E-state index is -0.0962. The average molecular weight is 492 g/mol. The first-order chi connectivity index (χ1) is 15.5. The molecule has 0 fully saturated rings. The van der Waals surface area contributed by atoms with Crippen molar-refractivity contribution in [2.75, 3.05) is 13.8 Å². The van der Waals surface area contributed by atoms with Crippen LogP contribution in [0.4, 0.5) is 0 Å². The molecule has 0 bridgehead atoms. The zero-order valence-electron chi connectivity index (χ0n) is 17.9. The van der Waals surface area contributed by atoms with Crippen LogP contribution < -0.4 is 14.2 Å². The van der Waals surface area contributed by atoms with E-state index in [4.69, 9.17) is 14.2 Å². The van der Waals surface area contributed by atoms with Crippen molar-refractivity contribution in [3.8, 4) is 17.2 Å². The molecule has 0 N–H and O–H groups in total. The highest BCUT2D eigenvalue weighted by Crippen LogP contribution is 2.43. The Morgan fingerprint density at radius 2 is 1.84 bits per heavy atom. The molecule has 0 unspecified atom stereocenters.